The van der Waals surface area contributed by atoms with E-state index in [1.54, 1.807) is 0 Å². The summed E-state index contributed by atoms with van der Waals surface area (Å²) in [5.41, 5.74) is 0. The van der Waals surface area contributed by atoms with Gasteiger partial charge in [0.1, 0.15) is 12.0 Å². The minimum absolute atomic E-state index is 0.0153. The minimum Gasteiger partial charge on any atom is -0.378 e. The van der Waals surface area contributed by atoms with E-state index < -0.39 is 6.23 Å². The summed E-state index contributed by atoms with van der Waals surface area (Å²) in [5.74, 6) is 0.0153. The molecule has 0 aliphatic carbocycles. The molecule has 0 heterocycles. The molecule has 0 aliphatic rings. The second kappa shape index (κ2) is 6.31. The number of hydrogen-bond acceptors (Lipinski definition) is 3. The van der Waals surface area contributed by atoms with Crippen LogP contribution in [0.4, 0.5) is 0 Å². The van der Waals surface area contributed by atoms with Crippen LogP contribution in [-0.4, -0.2) is 23.7 Å². The molecule has 11 heavy (non-hydrogen) atoms. The maximum Gasteiger partial charge on any atom is 0.133 e. The lowest BCUT2D eigenvalue weighted by atomic mass is 10.2. The van der Waals surface area contributed by atoms with E-state index in [4.69, 9.17) is 5.11 Å². The molecule has 0 aliphatic heterocycles. The fraction of sp³-hybridized carbons (Fsp3) is 0.875. The number of rotatable bonds is 6. The Bertz CT molecular complexity index is 115. The molecule has 0 radical (unpaired) electrons. The van der Waals surface area contributed by atoms with E-state index in [0.717, 1.165) is 19.4 Å². The van der Waals surface area contributed by atoms with E-state index in [2.05, 4.69) is 12.2 Å². The Kier molecular flexibility index (Phi) is 6.07. The van der Waals surface area contributed by atoms with Crippen molar-refractivity contribution in [1.29, 1.82) is 0 Å². The van der Waals surface area contributed by atoms with Gasteiger partial charge in [-0.2, -0.15) is 0 Å². The molecule has 0 aromatic rings. The predicted octanol–water partition coefficient (Wildman–Crippen LogP) is 0.674. The molecule has 0 rings (SSSR count). The standard InChI is InChI=1S/C8H17NO2/c1-3-4-5-9-8(11)6-7(2)10/h8-9,11H,3-6H2,1-2H3. The zero-order valence-electron chi connectivity index (χ0n) is 7.26. The Morgan fingerprint density at radius 2 is 2.27 bits per heavy atom. The van der Waals surface area contributed by atoms with Crippen LogP contribution in [0.25, 0.3) is 0 Å². The first-order valence-corrected chi connectivity index (χ1v) is 4.07. The number of nitrogens with one attached hydrogen (secondary N) is 1. The molecule has 3 nitrogen and oxygen atoms in total. The van der Waals surface area contributed by atoms with Crippen LogP contribution < -0.4 is 5.32 Å². The van der Waals surface area contributed by atoms with Crippen LogP contribution in [0.5, 0.6) is 0 Å². The van der Waals surface area contributed by atoms with Crippen molar-refractivity contribution in [1.82, 2.24) is 5.32 Å². The van der Waals surface area contributed by atoms with E-state index in [0.29, 0.717) is 0 Å². The van der Waals surface area contributed by atoms with Crippen molar-refractivity contribution >= 4 is 5.78 Å². The van der Waals surface area contributed by atoms with Gasteiger partial charge in [0.25, 0.3) is 0 Å². The zero-order chi connectivity index (χ0) is 8.69. The molecule has 3 heteroatoms. The number of unbranched alkanes of at least 4 members (excludes halogenated alkanes) is 1. The summed E-state index contributed by atoms with van der Waals surface area (Å²) in [7, 11) is 0. The number of hydrogen-bond donors (Lipinski definition) is 2. The second-order valence-electron chi connectivity index (χ2n) is 2.73. The van der Waals surface area contributed by atoms with Crippen LogP contribution in [0, 0.1) is 0 Å². The summed E-state index contributed by atoms with van der Waals surface area (Å²) >= 11 is 0. The lowest BCUT2D eigenvalue weighted by molar-refractivity contribution is -0.119. The summed E-state index contributed by atoms with van der Waals surface area (Å²) in [6.07, 6.45) is 1.69. The molecule has 66 valence electrons. The summed E-state index contributed by atoms with van der Waals surface area (Å²) in [6.45, 7) is 4.34. The van der Waals surface area contributed by atoms with Crippen molar-refractivity contribution in [2.24, 2.45) is 0 Å². The topological polar surface area (TPSA) is 49.3 Å². The molecule has 0 aromatic heterocycles. The molecular weight excluding hydrogens is 142 g/mol. The lowest BCUT2D eigenvalue weighted by Crippen LogP contribution is -2.31. The van der Waals surface area contributed by atoms with Gasteiger partial charge in [0.15, 0.2) is 0 Å². The van der Waals surface area contributed by atoms with Crippen molar-refractivity contribution < 1.29 is 9.90 Å². The van der Waals surface area contributed by atoms with Gasteiger partial charge in [-0.05, 0) is 19.9 Å². The van der Waals surface area contributed by atoms with E-state index in [1.807, 2.05) is 0 Å². The highest BCUT2D eigenvalue weighted by Gasteiger charge is 2.04. The molecule has 0 fully saturated rings. The average molecular weight is 159 g/mol. The molecule has 2 N–H and O–H groups in total. The molecule has 0 aromatic carbocycles. The number of carbonyl (C=O) groups is 1. The van der Waals surface area contributed by atoms with Gasteiger partial charge in [-0.1, -0.05) is 13.3 Å². The Morgan fingerprint density at radius 3 is 2.73 bits per heavy atom. The summed E-state index contributed by atoms with van der Waals surface area (Å²) in [4.78, 5) is 10.5. The van der Waals surface area contributed by atoms with Crippen LogP contribution in [0.15, 0.2) is 0 Å². The van der Waals surface area contributed by atoms with Gasteiger partial charge >= 0.3 is 0 Å². The zero-order valence-corrected chi connectivity index (χ0v) is 7.26. The highest BCUT2D eigenvalue weighted by atomic mass is 16.3. The number of aliphatic hydroxyl groups excluding tert-OH is 1. The number of Topliss-reactive ketones (excluding diaryl/α,β-unsaturated/α-hetero) is 1. The van der Waals surface area contributed by atoms with Crippen LogP contribution in [0.1, 0.15) is 33.1 Å². The molecule has 0 saturated carbocycles. The van der Waals surface area contributed by atoms with Crippen molar-refractivity contribution in [3.8, 4) is 0 Å². The van der Waals surface area contributed by atoms with Gasteiger partial charge in [-0.25, -0.2) is 0 Å². The smallest absolute Gasteiger partial charge is 0.133 e. The van der Waals surface area contributed by atoms with Gasteiger partial charge < -0.3 is 5.11 Å². The second-order valence-corrected chi connectivity index (χ2v) is 2.73. The van der Waals surface area contributed by atoms with Crippen LogP contribution in [-0.2, 0) is 4.79 Å². The summed E-state index contributed by atoms with van der Waals surface area (Å²) < 4.78 is 0. The molecule has 0 saturated heterocycles. The van der Waals surface area contributed by atoms with E-state index >= 15 is 0 Å². The Hall–Kier alpha value is -0.410. The number of aliphatic hydroxyl groups is 1. The first-order chi connectivity index (χ1) is 5.16. The van der Waals surface area contributed by atoms with Gasteiger partial charge in [-0.15, -0.1) is 0 Å². The SMILES string of the molecule is CCCCNC(O)CC(C)=O. The third-order valence-corrected chi connectivity index (χ3v) is 1.39. The Balaban J connectivity index is 3.22. The molecule has 0 spiro atoms. The number of ketones is 1. The van der Waals surface area contributed by atoms with Crippen molar-refractivity contribution in [2.45, 2.75) is 39.3 Å². The van der Waals surface area contributed by atoms with Crippen LogP contribution in [0.2, 0.25) is 0 Å². The molecule has 1 atom stereocenters. The third kappa shape index (κ3) is 7.49. The molecule has 0 amide bonds. The van der Waals surface area contributed by atoms with E-state index in [-0.39, 0.29) is 12.2 Å². The summed E-state index contributed by atoms with van der Waals surface area (Å²) in [5, 5.41) is 12.0. The van der Waals surface area contributed by atoms with E-state index in [9.17, 15) is 4.79 Å². The predicted molar refractivity (Wildman–Crippen MR) is 44.2 cm³/mol. The van der Waals surface area contributed by atoms with Crippen molar-refractivity contribution in [2.75, 3.05) is 6.54 Å². The summed E-state index contributed by atoms with van der Waals surface area (Å²) in [6, 6.07) is 0. The Labute approximate surface area is 67.8 Å². The normalized spacial score (nSPS) is 13.0. The first kappa shape index (κ1) is 10.6. The van der Waals surface area contributed by atoms with Gasteiger partial charge in [0.05, 0.1) is 0 Å². The largest absolute Gasteiger partial charge is 0.378 e. The van der Waals surface area contributed by atoms with Crippen molar-refractivity contribution in [3.05, 3.63) is 0 Å². The fourth-order valence-electron chi connectivity index (χ4n) is 0.790. The molecular formula is C8H17NO2. The van der Waals surface area contributed by atoms with Crippen LogP contribution >= 0.6 is 0 Å². The average Bonchev–Trinajstić information content (AvgIpc) is 1.86. The highest BCUT2D eigenvalue weighted by molar-refractivity contribution is 5.75. The maximum absolute atomic E-state index is 10.5. The molecule has 0 bridgehead atoms. The van der Waals surface area contributed by atoms with E-state index in [1.165, 1.54) is 6.92 Å². The third-order valence-electron chi connectivity index (χ3n) is 1.39. The monoisotopic (exact) mass is 159 g/mol. The van der Waals surface area contributed by atoms with Gasteiger partial charge in [-0.3, -0.25) is 10.1 Å². The quantitative estimate of drug-likeness (QED) is 0.442. The van der Waals surface area contributed by atoms with Gasteiger partial charge in [0.2, 0.25) is 0 Å². The van der Waals surface area contributed by atoms with Crippen LogP contribution in [0.3, 0.4) is 0 Å². The Morgan fingerprint density at radius 1 is 1.64 bits per heavy atom. The van der Waals surface area contributed by atoms with Gasteiger partial charge in [0, 0.05) is 6.42 Å². The fourth-order valence-corrected chi connectivity index (χ4v) is 0.790. The first-order valence-electron chi connectivity index (χ1n) is 4.07. The number of carbonyl (C=O) groups excluding carboxylic acids is 1. The maximum atomic E-state index is 10.5. The van der Waals surface area contributed by atoms with Crippen molar-refractivity contribution in [3.63, 3.8) is 0 Å². The molecule has 1 unspecified atom stereocenters. The lowest BCUT2D eigenvalue weighted by Gasteiger charge is -2.09. The highest BCUT2D eigenvalue weighted by Crippen LogP contribution is 1.90. The minimum atomic E-state index is -0.654.